The second-order valence-electron chi connectivity index (χ2n) is 6.46. The molecule has 0 saturated carbocycles. The van der Waals surface area contributed by atoms with Gasteiger partial charge >= 0.3 is 0 Å². The number of aryl methyl sites for hydroxylation is 1. The summed E-state index contributed by atoms with van der Waals surface area (Å²) in [6.07, 6.45) is 6.50. The van der Waals surface area contributed by atoms with E-state index in [0.717, 1.165) is 10.6 Å². The Balaban J connectivity index is 1.32. The van der Waals surface area contributed by atoms with Crippen molar-refractivity contribution in [3.05, 3.63) is 47.6 Å². The molecule has 0 unspecified atom stereocenters. The van der Waals surface area contributed by atoms with E-state index in [1.54, 1.807) is 33.3 Å². The van der Waals surface area contributed by atoms with Gasteiger partial charge in [-0.3, -0.25) is 14.3 Å². The predicted octanol–water partition coefficient (Wildman–Crippen LogP) is 2.17. The molecule has 0 radical (unpaired) electrons. The first-order valence-electron chi connectivity index (χ1n) is 8.68. The van der Waals surface area contributed by atoms with Crippen molar-refractivity contribution in [2.45, 2.75) is 18.9 Å². The fourth-order valence-electron chi connectivity index (χ4n) is 3.08. The molecule has 1 saturated heterocycles. The summed E-state index contributed by atoms with van der Waals surface area (Å²) in [5.74, 6) is 0.0606. The monoisotopic (exact) mass is 385 g/mol. The largest absolute Gasteiger partial charge is 0.459 e. The Bertz CT molecular complexity index is 938. The van der Waals surface area contributed by atoms with Gasteiger partial charge in [0.25, 0.3) is 11.8 Å². The molecule has 9 heteroatoms. The standard InChI is InChI=1S/C18H19N5O3S/c1-22-10-12(9-19-22)17-21-14(11-27-17)16(24)20-13-4-6-23(7-5-13)18(25)15-3-2-8-26-15/h2-3,8-11,13H,4-7H2,1H3,(H,20,24). The van der Waals surface area contributed by atoms with Gasteiger partial charge in [-0.05, 0) is 25.0 Å². The van der Waals surface area contributed by atoms with Crippen LogP contribution in [0.2, 0.25) is 0 Å². The Labute approximate surface area is 159 Å². The van der Waals surface area contributed by atoms with Crippen molar-refractivity contribution >= 4 is 23.2 Å². The number of furan rings is 1. The summed E-state index contributed by atoms with van der Waals surface area (Å²) >= 11 is 1.42. The molecule has 140 valence electrons. The third-order valence-electron chi connectivity index (χ3n) is 4.54. The topological polar surface area (TPSA) is 93.3 Å². The number of carbonyl (C=O) groups is 2. The number of piperidine rings is 1. The number of nitrogens with zero attached hydrogens (tertiary/aromatic N) is 4. The Morgan fingerprint density at radius 1 is 1.33 bits per heavy atom. The van der Waals surface area contributed by atoms with Gasteiger partial charge in [0.05, 0.1) is 12.5 Å². The highest BCUT2D eigenvalue weighted by Crippen LogP contribution is 2.23. The predicted molar refractivity (Wildman–Crippen MR) is 99.4 cm³/mol. The molecular weight excluding hydrogens is 366 g/mol. The molecule has 0 aliphatic carbocycles. The molecule has 3 aromatic heterocycles. The van der Waals surface area contributed by atoms with E-state index in [1.165, 1.54) is 17.6 Å². The van der Waals surface area contributed by atoms with Gasteiger partial charge in [-0.1, -0.05) is 0 Å². The fourth-order valence-corrected chi connectivity index (χ4v) is 3.86. The van der Waals surface area contributed by atoms with Crippen LogP contribution < -0.4 is 5.32 Å². The van der Waals surface area contributed by atoms with E-state index in [1.807, 2.05) is 13.2 Å². The van der Waals surface area contributed by atoms with Gasteiger partial charge in [0.2, 0.25) is 0 Å². The van der Waals surface area contributed by atoms with Crippen LogP contribution in [-0.2, 0) is 7.05 Å². The highest BCUT2D eigenvalue weighted by molar-refractivity contribution is 7.13. The van der Waals surface area contributed by atoms with E-state index in [-0.39, 0.29) is 17.9 Å². The molecule has 0 bridgehead atoms. The zero-order valence-electron chi connectivity index (χ0n) is 14.8. The molecule has 1 aliphatic heterocycles. The number of hydrogen-bond donors (Lipinski definition) is 1. The first-order chi connectivity index (χ1) is 13.1. The third kappa shape index (κ3) is 3.77. The lowest BCUT2D eigenvalue weighted by Crippen LogP contribution is -2.46. The molecule has 4 rings (SSSR count). The fraction of sp³-hybridized carbons (Fsp3) is 0.333. The number of carbonyl (C=O) groups excluding carboxylic acids is 2. The van der Waals surface area contributed by atoms with E-state index in [9.17, 15) is 9.59 Å². The van der Waals surface area contributed by atoms with E-state index >= 15 is 0 Å². The van der Waals surface area contributed by atoms with Crippen LogP contribution in [0.15, 0.2) is 40.6 Å². The van der Waals surface area contributed by atoms with Crippen LogP contribution >= 0.6 is 11.3 Å². The third-order valence-corrected chi connectivity index (χ3v) is 5.43. The molecular formula is C18H19N5O3S. The Morgan fingerprint density at radius 2 is 2.15 bits per heavy atom. The van der Waals surface area contributed by atoms with Crippen LogP contribution in [-0.4, -0.2) is 50.6 Å². The Morgan fingerprint density at radius 3 is 2.81 bits per heavy atom. The van der Waals surface area contributed by atoms with Crippen molar-refractivity contribution in [2.24, 2.45) is 7.05 Å². The number of aromatic nitrogens is 3. The maximum Gasteiger partial charge on any atom is 0.289 e. The Hall–Kier alpha value is -2.94. The number of nitrogens with one attached hydrogen (secondary N) is 1. The molecule has 2 amide bonds. The number of rotatable bonds is 4. The number of likely N-dealkylation sites (tertiary alicyclic amines) is 1. The minimum Gasteiger partial charge on any atom is -0.459 e. The van der Waals surface area contributed by atoms with Gasteiger partial charge in [0, 0.05) is 43.3 Å². The summed E-state index contributed by atoms with van der Waals surface area (Å²) in [6, 6.07) is 3.40. The van der Waals surface area contributed by atoms with Gasteiger partial charge < -0.3 is 14.6 Å². The van der Waals surface area contributed by atoms with Gasteiger partial charge in [-0.15, -0.1) is 11.3 Å². The first kappa shape index (κ1) is 17.5. The second kappa shape index (κ2) is 7.36. The zero-order valence-corrected chi connectivity index (χ0v) is 15.6. The maximum atomic E-state index is 12.5. The van der Waals surface area contributed by atoms with Crippen LogP contribution in [0.4, 0.5) is 0 Å². The highest BCUT2D eigenvalue weighted by Gasteiger charge is 2.26. The zero-order chi connectivity index (χ0) is 18.8. The normalized spacial score (nSPS) is 15.1. The average Bonchev–Trinajstić information content (AvgIpc) is 3.43. The minimum absolute atomic E-state index is 0.0293. The van der Waals surface area contributed by atoms with Gasteiger partial charge in [-0.2, -0.15) is 5.10 Å². The molecule has 0 spiro atoms. The summed E-state index contributed by atoms with van der Waals surface area (Å²) < 4.78 is 6.87. The molecule has 1 N–H and O–H groups in total. The van der Waals surface area contributed by atoms with Crippen LogP contribution in [0, 0.1) is 0 Å². The lowest BCUT2D eigenvalue weighted by atomic mass is 10.0. The summed E-state index contributed by atoms with van der Waals surface area (Å²) in [4.78, 5) is 30.9. The maximum absolute atomic E-state index is 12.5. The number of amides is 2. The number of hydrogen-bond acceptors (Lipinski definition) is 6. The molecule has 1 aliphatic rings. The lowest BCUT2D eigenvalue weighted by molar-refractivity contribution is 0.0667. The van der Waals surface area contributed by atoms with E-state index in [2.05, 4.69) is 15.4 Å². The lowest BCUT2D eigenvalue weighted by Gasteiger charge is -2.31. The van der Waals surface area contributed by atoms with E-state index in [4.69, 9.17) is 4.42 Å². The van der Waals surface area contributed by atoms with Crippen molar-refractivity contribution in [1.82, 2.24) is 25.0 Å². The molecule has 0 atom stereocenters. The molecule has 27 heavy (non-hydrogen) atoms. The summed E-state index contributed by atoms with van der Waals surface area (Å²) in [5.41, 5.74) is 1.30. The van der Waals surface area contributed by atoms with Crippen LogP contribution in [0.3, 0.4) is 0 Å². The quantitative estimate of drug-likeness (QED) is 0.743. The molecule has 0 aromatic carbocycles. The van der Waals surface area contributed by atoms with Crippen molar-refractivity contribution < 1.29 is 14.0 Å². The molecule has 8 nitrogen and oxygen atoms in total. The Kier molecular flexibility index (Phi) is 4.76. The molecule has 3 aromatic rings. The minimum atomic E-state index is -0.183. The van der Waals surface area contributed by atoms with Gasteiger partial charge in [0.1, 0.15) is 10.7 Å². The van der Waals surface area contributed by atoms with Crippen molar-refractivity contribution in [1.29, 1.82) is 0 Å². The smallest absolute Gasteiger partial charge is 0.289 e. The van der Waals surface area contributed by atoms with Crippen molar-refractivity contribution in [3.8, 4) is 10.6 Å². The molecule has 1 fully saturated rings. The van der Waals surface area contributed by atoms with Gasteiger partial charge in [-0.25, -0.2) is 4.98 Å². The van der Waals surface area contributed by atoms with Crippen molar-refractivity contribution in [2.75, 3.05) is 13.1 Å². The van der Waals surface area contributed by atoms with Gasteiger partial charge in [0.15, 0.2) is 5.76 Å². The van der Waals surface area contributed by atoms with Crippen molar-refractivity contribution in [3.63, 3.8) is 0 Å². The van der Waals surface area contributed by atoms with Crippen LogP contribution in [0.25, 0.3) is 10.6 Å². The second-order valence-corrected chi connectivity index (χ2v) is 7.32. The van der Waals surface area contributed by atoms with Crippen LogP contribution in [0.5, 0.6) is 0 Å². The number of thiazole rings is 1. The SMILES string of the molecule is Cn1cc(-c2nc(C(=O)NC3CCN(C(=O)c4ccco4)CC3)cs2)cn1. The summed E-state index contributed by atoms with van der Waals surface area (Å²) in [7, 11) is 1.84. The first-order valence-corrected chi connectivity index (χ1v) is 9.56. The summed E-state index contributed by atoms with van der Waals surface area (Å²) in [6.45, 7) is 1.17. The molecule has 4 heterocycles. The average molecular weight is 385 g/mol. The highest BCUT2D eigenvalue weighted by atomic mass is 32.1. The summed E-state index contributed by atoms with van der Waals surface area (Å²) in [5, 5.41) is 9.67. The van der Waals surface area contributed by atoms with E-state index < -0.39 is 0 Å². The van der Waals surface area contributed by atoms with E-state index in [0.29, 0.717) is 37.4 Å². The van der Waals surface area contributed by atoms with Crippen LogP contribution in [0.1, 0.15) is 33.9 Å².